The lowest BCUT2D eigenvalue weighted by Gasteiger charge is -2.33. The third-order valence-corrected chi connectivity index (χ3v) is 7.91. The molecule has 5 rings (SSSR count). The molecule has 2 aliphatic heterocycles. The number of alkyl halides is 3. The number of aliphatic carboxylic acids is 2. The van der Waals surface area contributed by atoms with E-state index in [1.807, 2.05) is 0 Å². The molecule has 14 heteroatoms. The van der Waals surface area contributed by atoms with E-state index in [0.717, 1.165) is 43.4 Å². The first-order chi connectivity index (χ1) is 20.2. The van der Waals surface area contributed by atoms with Crippen molar-refractivity contribution in [3.63, 3.8) is 0 Å². The zero-order chi connectivity index (χ0) is 31.5. The van der Waals surface area contributed by atoms with Gasteiger partial charge in [0.1, 0.15) is 29.5 Å². The van der Waals surface area contributed by atoms with E-state index in [1.165, 1.54) is 23.1 Å². The van der Waals surface area contributed by atoms with E-state index in [4.69, 9.17) is 26.2 Å². The average Bonchev–Trinajstić information content (AvgIpc) is 3.64. The van der Waals surface area contributed by atoms with Gasteiger partial charge < -0.3 is 19.8 Å². The minimum atomic E-state index is -5.08. The molecule has 2 heterocycles. The molecule has 3 fully saturated rings. The lowest BCUT2D eigenvalue weighted by atomic mass is 10.0. The Bertz CT molecular complexity index is 1370. The van der Waals surface area contributed by atoms with Gasteiger partial charge in [0.2, 0.25) is 0 Å². The number of piperidine rings is 1. The van der Waals surface area contributed by atoms with Crippen molar-refractivity contribution >= 4 is 29.4 Å². The zero-order valence-corrected chi connectivity index (χ0v) is 23.6. The lowest BCUT2D eigenvalue weighted by molar-refractivity contribution is -0.192. The second-order valence-corrected chi connectivity index (χ2v) is 11.2. The first-order valence-electron chi connectivity index (χ1n) is 13.7. The predicted octanol–water partition coefficient (Wildman–Crippen LogP) is 5.86. The quantitative estimate of drug-likeness (QED) is 0.368. The van der Waals surface area contributed by atoms with Crippen molar-refractivity contribution in [2.24, 2.45) is 0 Å². The van der Waals surface area contributed by atoms with Crippen LogP contribution in [0.2, 0.25) is 5.02 Å². The monoisotopic (exact) mass is 632 g/mol. The molecule has 43 heavy (non-hydrogen) atoms. The van der Waals surface area contributed by atoms with Crippen molar-refractivity contribution in [3.05, 3.63) is 63.7 Å². The molecule has 3 aliphatic rings. The molecule has 2 aromatic rings. The fourth-order valence-corrected chi connectivity index (χ4v) is 5.52. The Morgan fingerprint density at radius 1 is 0.977 bits per heavy atom. The van der Waals surface area contributed by atoms with Crippen molar-refractivity contribution < 1.29 is 51.3 Å². The van der Waals surface area contributed by atoms with Gasteiger partial charge in [-0.1, -0.05) is 17.7 Å². The Morgan fingerprint density at radius 3 is 2.26 bits per heavy atom. The molecule has 0 aromatic heterocycles. The number of carbonyl (C=O) groups excluding carboxylic acids is 1. The maximum Gasteiger partial charge on any atom is 0.490 e. The van der Waals surface area contributed by atoms with Gasteiger partial charge in [-0.2, -0.15) is 13.2 Å². The van der Waals surface area contributed by atoms with Gasteiger partial charge in [0, 0.05) is 30.7 Å². The van der Waals surface area contributed by atoms with Gasteiger partial charge in [0.05, 0.1) is 5.56 Å². The molecule has 0 bridgehead atoms. The van der Waals surface area contributed by atoms with Gasteiger partial charge in [-0.3, -0.25) is 9.69 Å². The summed E-state index contributed by atoms with van der Waals surface area (Å²) in [5.41, 5.74) is 1.56. The maximum atomic E-state index is 15.2. The Labute approximate surface area is 249 Å². The van der Waals surface area contributed by atoms with Crippen molar-refractivity contribution in [1.82, 2.24) is 9.80 Å². The van der Waals surface area contributed by atoms with Gasteiger partial charge in [-0.15, -0.1) is 0 Å². The Hall–Kier alpha value is -3.45. The number of halogens is 6. The molecule has 2 saturated heterocycles. The summed E-state index contributed by atoms with van der Waals surface area (Å²) in [5, 5.41) is 16.9. The summed E-state index contributed by atoms with van der Waals surface area (Å²) in [4.78, 5) is 37.0. The van der Waals surface area contributed by atoms with Gasteiger partial charge in [-0.25, -0.2) is 18.4 Å². The number of likely N-dealkylation sites (tertiary alicyclic amines) is 2. The predicted molar refractivity (Wildman–Crippen MR) is 144 cm³/mol. The summed E-state index contributed by atoms with van der Waals surface area (Å²) in [5.74, 6) is -4.80. The average molecular weight is 633 g/mol. The van der Waals surface area contributed by atoms with E-state index in [9.17, 15) is 32.3 Å². The van der Waals surface area contributed by atoms with Crippen LogP contribution >= 0.6 is 11.6 Å². The van der Waals surface area contributed by atoms with E-state index >= 15 is 4.39 Å². The topological polar surface area (TPSA) is 107 Å². The number of hydrogen-bond acceptors (Lipinski definition) is 5. The van der Waals surface area contributed by atoms with E-state index in [-0.39, 0.29) is 23.4 Å². The smallest absolute Gasteiger partial charge is 0.489 e. The highest BCUT2D eigenvalue weighted by atomic mass is 35.5. The van der Waals surface area contributed by atoms with Crippen molar-refractivity contribution in [2.75, 3.05) is 19.6 Å². The largest absolute Gasteiger partial charge is 0.490 e. The number of hydrogen-bond donors (Lipinski definition) is 2. The summed E-state index contributed by atoms with van der Waals surface area (Å²) in [6, 6.07) is 6.34. The van der Waals surface area contributed by atoms with Crippen LogP contribution in [-0.2, 0) is 16.1 Å². The SMILES string of the molecule is O=C(O)C(F)(F)F.O=C(O)[C@@H]1CCCN1C(=O)c1cc(C2CC2)c(O[C@@H]2CCCN(Cc3ccc(F)cc3Cl)C2)cc1F. The van der Waals surface area contributed by atoms with E-state index < -0.39 is 35.9 Å². The molecule has 1 aliphatic carbocycles. The molecule has 0 unspecified atom stereocenters. The van der Waals surface area contributed by atoms with Crippen LogP contribution in [0, 0.1) is 11.6 Å². The first kappa shape index (κ1) is 32.5. The molecule has 0 spiro atoms. The molecule has 8 nitrogen and oxygen atoms in total. The fourth-order valence-electron chi connectivity index (χ4n) is 5.30. The van der Waals surface area contributed by atoms with E-state index in [1.54, 1.807) is 12.1 Å². The number of benzene rings is 2. The Balaban J connectivity index is 0.000000541. The molecule has 234 valence electrons. The molecule has 1 saturated carbocycles. The van der Waals surface area contributed by atoms with Crippen LogP contribution in [0.15, 0.2) is 30.3 Å². The van der Waals surface area contributed by atoms with Crippen LogP contribution < -0.4 is 4.74 Å². The summed E-state index contributed by atoms with van der Waals surface area (Å²) < 4.78 is 66.7. The molecular formula is C29H30ClF5N2O6. The maximum absolute atomic E-state index is 15.2. The van der Waals surface area contributed by atoms with Crippen LogP contribution in [0.25, 0.3) is 0 Å². The van der Waals surface area contributed by atoms with E-state index in [0.29, 0.717) is 43.2 Å². The zero-order valence-electron chi connectivity index (χ0n) is 22.9. The van der Waals surface area contributed by atoms with Crippen molar-refractivity contribution in [2.45, 2.75) is 69.3 Å². The summed E-state index contributed by atoms with van der Waals surface area (Å²) >= 11 is 6.21. The van der Waals surface area contributed by atoms with Gasteiger partial charge in [0.25, 0.3) is 5.91 Å². The van der Waals surface area contributed by atoms with Crippen LogP contribution in [0.3, 0.4) is 0 Å². The summed E-state index contributed by atoms with van der Waals surface area (Å²) in [6.07, 6.45) is -0.691. The van der Waals surface area contributed by atoms with Crippen LogP contribution in [0.5, 0.6) is 5.75 Å². The van der Waals surface area contributed by atoms with E-state index in [2.05, 4.69) is 4.90 Å². The highest BCUT2D eigenvalue weighted by molar-refractivity contribution is 6.31. The third kappa shape index (κ3) is 8.35. The second kappa shape index (κ2) is 13.5. The standard InChI is InChI=1S/C27H29ClF2N2O4.C2HF3O2/c28-22-11-18(29)8-7-17(22)14-31-9-1-3-19(15-31)36-25-13-23(30)21(12-20(25)16-5-6-16)26(33)32-10-2-4-24(32)27(34)35;3-2(4,5)1(6)7/h7-8,11-13,16,19,24H,1-6,9-10,14-15H2,(H,34,35);(H,6,7)/t19-,24+;/m1./s1. The number of ether oxygens (including phenoxy) is 1. The molecule has 0 radical (unpaired) electrons. The van der Waals surface area contributed by atoms with Gasteiger partial charge in [0.15, 0.2) is 0 Å². The van der Waals surface area contributed by atoms with Crippen LogP contribution in [-0.4, -0.2) is 75.8 Å². The second-order valence-electron chi connectivity index (χ2n) is 10.8. The number of carbonyl (C=O) groups is 3. The van der Waals surface area contributed by atoms with Gasteiger partial charge in [-0.05, 0) is 80.3 Å². The van der Waals surface area contributed by atoms with Crippen molar-refractivity contribution in [1.29, 1.82) is 0 Å². The summed E-state index contributed by atoms with van der Waals surface area (Å²) in [7, 11) is 0. The molecular weight excluding hydrogens is 603 g/mol. The molecule has 2 atom stereocenters. The van der Waals surface area contributed by atoms with Crippen molar-refractivity contribution in [3.8, 4) is 5.75 Å². The highest BCUT2D eigenvalue weighted by Crippen LogP contribution is 2.46. The minimum absolute atomic E-state index is 0.0892. The van der Waals surface area contributed by atoms with Gasteiger partial charge >= 0.3 is 18.1 Å². The first-order valence-corrected chi connectivity index (χ1v) is 14.1. The lowest BCUT2D eigenvalue weighted by Crippen LogP contribution is -2.41. The number of rotatable bonds is 7. The van der Waals surface area contributed by atoms with Crippen LogP contribution in [0.1, 0.15) is 65.9 Å². The summed E-state index contributed by atoms with van der Waals surface area (Å²) in [6.45, 7) is 2.35. The number of amides is 1. The van der Waals surface area contributed by atoms with Crippen LogP contribution in [0.4, 0.5) is 22.0 Å². The number of carboxylic acid groups (broad SMARTS) is 2. The fraction of sp³-hybridized carbons (Fsp3) is 0.483. The highest BCUT2D eigenvalue weighted by Gasteiger charge is 2.39. The third-order valence-electron chi connectivity index (χ3n) is 7.55. The number of nitrogens with zero attached hydrogens (tertiary/aromatic N) is 2. The molecule has 1 amide bonds. The Morgan fingerprint density at radius 2 is 1.65 bits per heavy atom. The number of carboxylic acids is 2. The Kier molecular flexibility index (Phi) is 10.2. The molecule has 2 aromatic carbocycles. The minimum Gasteiger partial charge on any atom is -0.489 e. The normalized spacial score (nSPS) is 20.7. The molecule has 2 N–H and O–H groups in total.